The standard InChI is InChI=1S/C39H48F5N9O4/c1-25-22-53(23-26(2)48(25)3)34-19-32(41)30(18-33(34)47-37(57)29-7-6-28(40)17-31(29)39(42,43)44)27-20-45-38(46-21-27)52-15-13-51(14-16-52)35(54)24-50-11-9-49(10-12-50)8-4-5-36(55)56/h6-7,17-21,25-26H,4-5,8-16,22-24H2,1-3H3,(H,47,57)(H,55,56)/t25-,26+. The van der Waals surface area contributed by atoms with Crippen molar-refractivity contribution in [3.63, 3.8) is 0 Å². The number of anilines is 3. The van der Waals surface area contributed by atoms with Crippen LogP contribution in [-0.2, 0) is 15.8 Å². The zero-order chi connectivity index (χ0) is 41.0. The van der Waals surface area contributed by atoms with Gasteiger partial charge in [0, 0.05) is 107 Å². The lowest BCUT2D eigenvalue weighted by atomic mass is 10.0. The van der Waals surface area contributed by atoms with Gasteiger partial charge in [0.25, 0.3) is 5.91 Å². The summed E-state index contributed by atoms with van der Waals surface area (Å²) in [4.78, 5) is 58.4. The van der Waals surface area contributed by atoms with Gasteiger partial charge in [0.15, 0.2) is 0 Å². The topological polar surface area (TPSA) is 129 Å². The van der Waals surface area contributed by atoms with E-state index < -0.39 is 40.8 Å². The van der Waals surface area contributed by atoms with E-state index in [9.17, 15) is 31.9 Å². The Morgan fingerprint density at radius 2 is 1.49 bits per heavy atom. The number of alkyl halides is 3. The van der Waals surface area contributed by atoms with Crippen molar-refractivity contribution in [2.45, 2.75) is 44.9 Å². The molecule has 0 spiro atoms. The first-order chi connectivity index (χ1) is 27.1. The third-order valence-electron chi connectivity index (χ3n) is 11.1. The molecule has 3 saturated heterocycles. The number of carbonyl (C=O) groups excluding carboxylic acids is 2. The van der Waals surface area contributed by atoms with E-state index in [1.807, 2.05) is 35.6 Å². The van der Waals surface area contributed by atoms with Crippen molar-refractivity contribution in [3.8, 4) is 11.1 Å². The van der Waals surface area contributed by atoms with E-state index in [-0.39, 0.29) is 53.0 Å². The Kier molecular flexibility index (Phi) is 12.9. The monoisotopic (exact) mass is 801 g/mol. The number of halogens is 5. The summed E-state index contributed by atoms with van der Waals surface area (Å²) in [6.45, 7) is 10.9. The van der Waals surface area contributed by atoms with Crippen LogP contribution in [-0.4, -0.2) is 150 Å². The number of hydrogen-bond donors (Lipinski definition) is 2. The SMILES string of the molecule is C[C@@H]1CN(c2cc(F)c(-c3cnc(N4CCN(C(=O)CN5CCN(CCCC(=O)O)CC5)CC4)nc3)cc2NC(=O)c2ccc(F)cc2C(F)(F)F)C[C@H](C)N1C. The van der Waals surface area contributed by atoms with E-state index in [2.05, 4.69) is 30.0 Å². The maximum Gasteiger partial charge on any atom is 0.417 e. The van der Waals surface area contributed by atoms with Crippen molar-refractivity contribution < 1.29 is 41.4 Å². The van der Waals surface area contributed by atoms with Crippen molar-refractivity contribution in [1.29, 1.82) is 0 Å². The summed E-state index contributed by atoms with van der Waals surface area (Å²) >= 11 is 0. The van der Waals surface area contributed by atoms with E-state index in [0.29, 0.717) is 58.2 Å². The number of amides is 2. The van der Waals surface area contributed by atoms with E-state index in [4.69, 9.17) is 5.11 Å². The molecule has 18 heteroatoms. The van der Waals surface area contributed by atoms with Crippen molar-refractivity contribution in [2.24, 2.45) is 0 Å². The summed E-state index contributed by atoms with van der Waals surface area (Å²) in [5, 5.41) is 11.4. The van der Waals surface area contributed by atoms with Crippen LogP contribution in [0, 0.1) is 11.6 Å². The number of piperazine rings is 3. The van der Waals surface area contributed by atoms with Crippen LogP contribution < -0.4 is 15.1 Å². The second-order valence-corrected chi connectivity index (χ2v) is 15.0. The van der Waals surface area contributed by atoms with Gasteiger partial charge in [0.2, 0.25) is 11.9 Å². The van der Waals surface area contributed by atoms with Crippen LogP contribution in [0.2, 0.25) is 0 Å². The largest absolute Gasteiger partial charge is 0.481 e. The predicted molar refractivity (Wildman–Crippen MR) is 204 cm³/mol. The molecule has 3 aliphatic heterocycles. The van der Waals surface area contributed by atoms with Gasteiger partial charge in [0.05, 0.1) is 29.0 Å². The lowest BCUT2D eigenvalue weighted by Gasteiger charge is -2.44. The number of benzene rings is 2. The number of likely N-dealkylation sites (N-methyl/N-ethyl adjacent to an activating group) is 1. The highest BCUT2D eigenvalue weighted by Gasteiger charge is 2.36. The van der Waals surface area contributed by atoms with Crippen LogP contribution in [0.15, 0.2) is 42.7 Å². The third kappa shape index (κ3) is 10.1. The summed E-state index contributed by atoms with van der Waals surface area (Å²) < 4.78 is 71.5. The highest BCUT2D eigenvalue weighted by atomic mass is 19.4. The summed E-state index contributed by atoms with van der Waals surface area (Å²) in [6.07, 6.45) is -1.38. The average Bonchev–Trinajstić information content (AvgIpc) is 3.17. The molecule has 0 bridgehead atoms. The molecule has 3 aliphatic rings. The summed E-state index contributed by atoms with van der Waals surface area (Å²) in [5.41, 5.74) is -1.57. The molecule has 3 fully saturated rings. The fourth-order valence-corrected chi connectivity index (χ4v) is 7.58. The van der Waals surface area contributed by atoms with Crippen LogP contribution in [0.5, 0.6) is 0 Å². The number of aliphatic carboxylic acids is 1. The molecule has 4 heterocycles. The Labute approximate surface area is 328 Å². The summed E-state index contributed by atoms with van der Waals surface area (Å²) in [5.74, 6) is -3.31. The molecular weight excluding hydrogens is 753 g/mol. The smallest absolute Gasteiger partial charge is 0.417 e. The van der Waals surface area contributed by atoms with Crippen LogP contribution in [0.3, 0.4) is 0 Å². The molecule has 6 rings (SSSR count). The molecule has 0 unspecified atom stereocenters. The molecule has 2 aromatic carbocycles. The second kappa shape index (κ2) is 17.7. The van der Waals surface area contributed by atoms with Gasteiger partial charge < -0.3 is 30.0 Å². The van der Waals surface area contributed by atoms with Crippen molar-refractivity contribution in [1.82, 2.24) is 29.6 Å². The van der Waals surface area contributed by atoms with Crippen LogP contribution in [0.4, 0.5) is 39.3 Å². The number of aromatic nitrogens is 2. The molecule has 13 nitrogen and oxygen atoms in total. The minimum absolute atomic E-state index is 0.0162. The lowest BCUT2D eigenvalue weighted by molar-refractivity contribution is -0.138. The number of nitrogens with zero attached hydrogens (tertiary/aromatic N) is 8. The molecule has 308 valence electrons. The third-order valence-corrected chi connectivity index (χ3v) is 11.1. The molecular formula is C39H48F5N9O4. The Balaban J connectivity index is 1.13. The van der Waals surface area contributed by atoms with Gasteiger partial charge in [-0.15, -0.1) is 0 Å². The molecule has 1 aromatic heterocycles. The first kappa shape index (κ1) is 41.7. The van der Waals surface area contributed by atoms with Crippen molar-refractivity contribution in [3.05, 3.63) is 65.5 Å². The van der Waals surface area contributed by atoms with Crippen molar-refractivity contribution in [2.75, 3.05) is 101 Å². The number of nitrogens with one attached hydrogen (secondary N) is 1. The van der Waals surface area contributed by atoms with Gasteiger partial charge in [-0.1, -0.05) is 0 Å². The molecule has 2 N–H and O–H groups in total. The summed E-state index contributed by atoms with van der Waals surface area (Å²) in [6, 6.07) is 4.51. The number of carboxylic acid groups (broad SMARTS) is 1. The summed E-state index contributed by atoms with van der Waals surface area (Å²) in [7, 11) is 1.97. The molecule has 0 radical (unpaired) electrons. The quantitative estimate of drug-likeness (QED) is 0.269. The molecule has 3 aromatic rings. The van der Waals surface area contributed by atoms with Gasteiger partial charge >= 0.3 is 12.1 Å². The Bertz CT molecular complexity index is 1910. The number of rotatable bonds is 11. The number of carbonyl (C=O) groups is 3. The minimum atomic E-state index is -5.00. The van der Waals surface area contributed by atoms with Gasteiger partial charge in [-0.3, -0.25) is 24.2 Å². The molecule has 0 saturated carbocycles. The maximum atomic E-state index is 16.0. The van der Waals surface area contributed by atoms with Gasteiger partial charge in [-0.25, -0.2) is 18.7 Å². The molecule has 2 amide bonds. The van der Waals surface area contributed by atoms with Crippen molar-refractivity contribution >= 4 is 35.1 Å². The fraction of sp³-hybridized carbons (Fsp3) is 0.513. The lowest BCUT2D eigenvalue weighted by Crippen LogP contribution is -2.55. The van der Waals surface area contributed by atoms with Crippen LogP contribution in [0.1, 0.15) is 42.6 Å². The minimum Gasteiger partial charge on any atom is -0.481 e. The Morgan fingerprint density at radius 3 is 2.11 bits per heavy atom. The Hall–Kier alpha value is -4.94. The van der Waals surface area contributed by atoms with E-state index in [0.717, 1.165) is 44.9 Å². The van der Waals surface area contributed by atoms with E-state index in [1.54, 1.807) is 0 Å². The molecule has 57 heavy (non-hydrogen) atoms. The zero-order valence-electron chi connectivity index (χ0n) is 32.2. The maximum absolute atomic E-state index is 16.0. The van der Waals surface area contributed by atoms with Crippen LogP contribution >= 0.6 is 0 Å². The van der Waals surface area contributed by atoms with Gasteiger partial charge in [-0.05, 0) is 64.2 Å². The first-order valence-electron chi connectivity index (χ1n) is 19.1. The fourth-order valence-electron chi connectivity index (χ4n) is 7.58. The molecule has 2 atom stereocenters. The number of hydrogen-bond acceptors (Lipinski definition) is 10. The normalized spacial score (nSPS) is 20.2. The predicted octanol–water partition coefficient (Wildman–Crippen LogP) is 4.35. The van der Waals surface area contributed by atoms with E-state index in [1.165, 1.54) is 24.5 Å². The van der Waals surface area contributed by atoms with Gasteiger partial charge in [-0.2, -0.15) is 13.2 Å². The Morgan fingerprint density at radius 1 is 0.860 bits per heavy atom. The average molecular weight is 802 g/mol. The second-order valence-electron chi connectivity index (χ2n) is 15.0. The zero-order valence-corrected chi connectivity index (χ0v) is 32.2. The van der Waals surface area contributed by atoms with E-state index >= 15 is 4.39 Å². The van der Waals surface area contributed by atoms with Crippen LogP contribution in [0.25, 0.3) is 11.1 Å². The first-order valence-corrected chi connectivity index (χ1v) is 19.1. The highest BCUT2D eigenvalue weighted by molar-refractivity contribution is 6.07. The highest BCUT2D eigenvalue weighted by Crippen LogP contribution is 2.38. The van der Waals surface area contributed by atoms with Gasteiger partial charge in [0.1, 0.15) is 11.6 Å². The number of carboxylic acids is 1. The molecule has 0 aliphatic carbocycles.